The van der Waals surface area contributed by atoms with E-state index < -0.39 is 0 Å². The summed E-state index contributed by atoms with van der Waals surface area (Å²) in [5, 5.41) is 0. The minimum atomic E-state index is -0.171. The zero-order valence-corrected chi connectivity index (χ0v) is 9.22. The van der Waals surface area contributed by atoms with Gasteiger partial charge in [-0.3, -0.25) is 5.92 Å². The molecule has 0 N–H and O–H groups in total. The minimum Gasteiger partial charge on any atom is -0.488 e. The molecule has 0 amide bonds. The molecule has 1 rings (SSSR count). The number of hydrogen-bond donors (Lipinski definition) is 0. The fourth-order valence-corrected chi connectivity index (χ4v) is 0.960. The normalized spacial score (nSPS) is 9.86. The number of hydrogen-bond acceptors (Lipinski definition) is 1. The van der Waals surface area contributed by atoms with E-state index in [-0.39, 0.29) is 24.5 Å². The van der Waals surface area contributed by atoms with Crippen LogP contribution in [0.2, 0.25) is 0 Å². The van der Waals surface area contributed by atoms with Crippen molar-refractivity contribution in [2.24, 2.45) is 0 Å². The molecule has 0 aromatic heterocycles. The van der Waals surface area contributed by atoms with Gasteiger partial charge in [0.1, 0.15) is 11.4 Å². The molecule has 0 spiro atoms. The van der Waals surface area contributed by atoms with Gasteiger partial charge in [-0.2, -0.15) is 0 Å². The van der Waals surface area contributed by atoms with Gasteiger partial charge >= 0.3 is 18.9 Å². The summed E-state index contributed by atoms with van der Waals surface area (Å²) in [6.45, 7) is 6.01. The van der Waals surface area contributed by atoms with E-state index in [1.54, 1.807) is 0 Å². The zero-order chi connectivity index (χ0) is 9.90. The van der Waals surface area contributed by atoms with Crippen LogP contribution in [0.3, 0.4) is 0 Å². The van der Waals surface area contributed by atoms with Crippen molar-refractivity contribution in [3.8, 4) is 11.7 Å². The number of benzene rings is 1. The van der Waals surface area contributed by atoms with Gasteiger partial charge in [-0.1, -0.05) is 0 Å². The van der Waals surface area contributed by atoms with Crippen LogP contribution < -0.4 is 23.6 Å². The van der Waals surface area contributed by atoms with Crippen LogP contribution in [0.4, 0.5) is 0 Å². The maximum absolute atomic E-state index is 6.90. The molecule has 0 saturated carbocycles. The Balaban J connectivity index is 0.00000169. The van der Waals surface area contributed by atoms with Crippen molar-refractivity contribution in [3.63, 3.8) is 0 Å². The van der Waals surface area contributed by atoms with Crippen LogP contribution in [0, 0.1) is 12.3 Å². The van der Waals surface area contributed by atoms with Crippen LogP contribution in [0.25, 0.3) is 0 Å². The van der Waals surface area contributed by atoms with E-state index in [2.05, 4.69) is 5.92 Å². The van der Waals surface area contributed by atoms with Crippen LogP contribution in [0.1, 0.15) is 26.3 Å². The predicted molar refractivity (Wildman–Crippen MR) is 53.1 cm³/mol. The Bertz CT molecular complexity index is 314. The fourth-order valence-electron chi connectivity index (χ4n) is 0.960. The maximum atomic E-state index is 6.90. The smallest absolute Gasteiger partial charge is 0.488 e. The van der Waals surface area contributed by atoms with Crippen LogP contribution in [0.5, 0.6) is 5.75 Å². The molecule has 0 aliphatic heterocycles. The minimum absolute atomic E-state index is 0. The molecule has 0 aliphatic carbocycles. The van der Waals surface area contributed by atoms with E-state index in [0.717, 1.165) is 11.3 Å². The van der Waals surface area contributed by atoms with E-state index in [0.29, 0.717) is 0 Å². The van der Waals surface area contributed by atoms with Crippen molar-refractivity contribution in [2.45, 2.75) is 26.4 Å². The molecule has 0 atom stereocenters. The second-order valence-corrected chi connectivity index (χ2v) is 3.86. The van der Waals surface area contributed by atoms with Gasteiger partial charge in [-0.25, -0.2) is 0 Å². The molecule has 14 heavy (non-hydrogen) atoms. The van der Waals surface area contributed by atoms with Crippen molar-refractivity contribution < 1.29 is 23.6 Å². The molecule has 0 radical (unpaired) electrons. The first-order valence-corrected chi connectivity index (χ1v) is 4.23. The van der Waals surface area contributed by atoms with Gasteiger partial charge in [0.2, 0.25) is 0 Å². The van der Waals surface area contributed by atoms with E-state index in [1.165, 1.54) is 0 Å². The Kier molecular flexibility index (Phi) is 4.85. The second kappa shape index (κ2) is 5.16. The molecule has 68 valence electrons. The van der Waals surface area contributed by atoms with Gasteiger partial charge < -0.3 is 11.2 Å². The van der Waals surface area contributed by atoms with E-state index in [4.69, 9.17) is 11.2 Å². The predicted octanol–water partition coefficient (Wildman–Crippen LogP) is -0.194. The molecule has 0 aliphatic rings. The van der Waals surface area contributed by atoms with E-state index in [9.17, 15) is 0 Å². The van der Waals surface area contributed by atoms with Crippen LogP contribution >= 0.6 is 0 Å². The van der Waals surface area contributed by atoms with Crippen LogP contribution in [-0.2, 0) is 0 Å². The average Bonchev–Trinajstić information content (AvgIpc) is 2.03. The molecule has 0 bridgehead atoms. The van der Waals surface area contributed by atoms with Crippen LogP contribution in [0.15, 0.2) is 24.3 Å². The summed E-state index contributed by atoms with van der Waals surface area (Å²) in [6, 6.07) is 7.33. The third-order valence-corrected chi connectivity index (χ3v) is 1.42. The topological polar surface area (TPSA) is 9.23 Å². The molecule has 0 fully saturated rings. The largest absolute Gasteiger partial charge is 1.00 e. The van der Waals surface area contributed by atoms with Crippen molar-refractivity contribution in [2.75, 3.05) is 0 Å². The Morgan fingerprint density at radius 1 is 1.14 bits per heavy atom. The SMILES string of the molecule is [C-]#Cc1ccc(OC(C)(C)C)cc1.[Li+]. The Morgan fingerprint density at radius 3 is 2.00 bits per heavy atom. The van der Waals surface area contributed by atoms with Crippen molar-refractivity contribution >= 4 is 0 Å². The van der Waals surface area contributed by atoms with Crippen LogP contribution in [-0.4, -0.2) is 5.60 Å². The molecule has 1 nitrogen and oxygen atoms in total. The first-order valence-electron chi connectivity index (χ1n) is 4.23. The Morgan fingerprint density at radius 2 is 1.64 bits per heavy atom. The summed E-state index contributed by atoms with van der Waals surface area (Å²) in [5.41, 5.74) is 0.594. The number of rotatable bonds is 1. The summed E-state index contributed by atoms with van der Waals surface area (Å²) >= 11 is 0. The van der Waals surface area contributed by atoms with E-state index in [1.807, 2.05) is 45.0 Å². The standard InChI is InChI=1S/C12H13O.Li/c1-5-10-6-8-11(9-7-10)13-12(2,3)4;/h6-9H,2-4H3;/q-1;+1. The number of ether oxygens (including phenoxy) is 1. The summed E-state index contributed by atoms with van der Waals surface area (Å²) < 4.78 is 5.61. The summed E-state index contributed by atoms with van der Waals surface area (Å²) in [6.07, 6.45) is 6.90. The third-order valence-electron chi connectivity index (χ3n) is 1.42. The molecule has 0 unspecified atom stereocenters. The van der Waals surface area contributed by atoms with E-state index >= 15 is 0 Å². The van der Waals surface area contributed by atoms with Gasteiger partial charge in [0.05, 0.1) is 0 Å². The third kappa shape index (κ3) is 4.42. The zero-order valence-electron chi connectivity index (χ0n) is 9.22. The molecule has 0 saturated heterocycles. The summed E-state index contributed by atoms with van der Waals surface area (Å²) in [7, 11) is 0. The summed E-state index contributed by atoms with van der Waals surface area (Å²) in [5.74, 6) is 3.14. The molecular weight excluding hydrogens is 167 g/mol. The second-order valence-electron chi connectivity index (χ2n) is 3.86. The molecular formula is C12H13LiO. The van der Waals surface area contributed by atoms with Gasteiger partial charge in [-0.15, -0.1) is 17.7 Å². The van der Waals surface area contributed by atoms with Gasteiger partial charge in [-0.05, 0) is 32.9 Å². The van der Waals surface area contributed by atoms with Gasteiger partial charge in [0.15, 0.2) is 0 Å². The average molecular weight is 180 g/mol. The fraction of sp³-hybridized carbons (Fsp3) is 0.333. The molecule has 1 aromatic rings. The first-order chi connectivity index (χ1) is 6.01. The first kappa shape index (κ1) is 13.2. The molecule has 0 heterocycles. The maximum Gasteiger partial charge on any atom is 1.00 e. The quantitative estimate of drug-likeness (QED) is 0.330. The summed E-state index contributed by atoms with van der Waals surface area (Å²) in [4.78, 5) is 0. The van der Waals surface area contributed by atoms with Gasteiger partial charge in [0, 0.05) is 0 Å². The van der Waals surface area contributed by atoms with Crippen molar-refractivity contribution in [1.29, 1.82) is 0 Å². The van der Waals surface area contributed by atoms with Crippen molar-refractivity contribution in [3.05, 3.63) is 36.3 Å². The van der Waals surface area contributed by atoms with Gasteiger partial charge in [0.25, 0.3) is 0 Å². The monoisotopic (exact) mass is 180 g/mol. The molecule has 1 aromatic carbocycles. The van der Waals surface area contributed by atoms with Crippen molar-refractivity contribution in [1.82, 2.24) is 0 Å². The molecule has 2 heteroatoms. The Hall–Kier alpha value is -0.823. The Labute approximate surface area is 98.0 Å².